The van der Waals surface area contributed by atoms with Gasteiger partial charge in [0.2, 0.25) is 0 Å². The molecule has 0 amide bonds. The Morgan fingerprint density at radius 2 is 1.13 bits per heavy atom. The summed E-state index contributed by atoms with van der Waals surface area (Å²) in [5, 5.41) is 0. The smallest absolute Gasteiger partial charge is 1.00 e. The molecule has 0 aromatic carbocycles. The number of rotatable bonds is 6. The summed E-state index contributed by atoms with van der Waals surface area (Å²) in [7, 11) is 4.54. The summed E-state index contributed by atoms with van der Waals surface area (Å²) in [6.07, 6.45) is 23.5. The summed E-state index contributed by atoms with van der Waals surface area (Å²) < 4.78 is 1.86. The zero-order valence-electron chi connectivity index (χ0n) is 20.0. The van der Waals surface area contributed by atoms with Crippen LogP contribution < -0.4 is 24.8 Å². The molecule has 3 fully saturated rings. The van der Waals surface area contributed by atoms with Crippen LogP contribution >= 0.6 is 0 Å². The third-order valence-electron chi connectivity index (χ3n) is 8.59. The van der Waals surface area contributed by atoms with Crippen LogP contribution in [-0.2, 0) is 20.4 Å². The van der Waals surface area contributed by atoms with Gasteiger partial charge in [0.15, 0.2) is 0 Å². The van der Waals surface area contributed by atoms with E-state index in [0.717, 1.165) is 23.7 Å². The zero-order chi connectivity index (χ0) is 20.2. The molecule has 0 radical (unpaired) electrons. The van der Waals surface area contributed by atoms with Crippen molar-refractivity contribution in [2.75, 3.05) is 20.6 Å². The van der Waals surface area contributed by atoms with Gasteiger partial charge in [-0.1, -0.05) is 0 Å². The molecule has 4 aliphatic rings. The monoisotopic (exact) mass is 500 g/mol. The van der Waals surface area contributed by atoms with Crippen LogP contribution in [0, 0.1) is 23.7 Å². The van der Waals surface area contributed by atoms with Crippen molar-refractivity contribution >= 4 is 0 Å². The topological polar surface area (TPSA) is 3.24 Å². The second-order valence-corrected chi connectivity index (χ2v) is 11.7. The number of allylic oxidation sites excluding steroid dienone is 3. The van der Waals surface area contributed by atoms with Crippen LogP contribution in [0.2, 0.25) is 0 Å². The van der Waals surface area contributed by atoms with Crippen molar-refractivity contribution in [1.82, 2.24) is 4.90 Å². The summed E-state index contributed by atoms with van der Waals surface area (Å²) in [6.45, 7) is 1.24. The average molecular weight is 501 g/mol. The van der Waals surface area contributed by atoms with Crippen molar-refractivity contribution in [3.8, 4) is 0 Å². The van der Waals surface area contributed by atoms with Crippen molar-refractivity contribution in [3.63, 3.8) is 0 Å². The van der Waals surface area contributed by atoms with Crippen molar-refractivity contribution in [1.29, 1.82) is 0 Å². The van der Waals surface area contributed by atoms with E-state index in [1.165, 1.54) is 109 Å². The first kappa shape index (κ1) is 28.0. The molecule has 0 aliphatic heterocycles. The molecule has 1 nitrogen and oxygen atoms in total. The Morgan fingerprint density at radius 3 is 1.61 bits per heavy atom. The predicted molar refractivity (Wildman–Crippen MR) is 120 cm³/mol. The van der Waals surface area contributed by atoms with Gasteiger partial charge in [-0.05, 0) is 0 Å². The largest absolute Gasteiger partial charge is 1.00 e. The molecule has 0 spiro atoms. The molecule has 4 heteroatoms. The number of halogens is 2. The Morgan fingerprint density at radius 1 is 0.677 bits per heavy atom. The maximum absolute atomic E-state index is 2.59. The molecule has 1 atom stereocenters. The van der Waals surface area contributed by atoms with Gasteiger partial charge in [-0.25, -0.2) is 0 Å². The van der Waals surface area contributed by atoms with Crippen LogP contribution in [0.1, 0.15) is 103 Å². The molecule has 1 unspecified atom stereocenters. The minimum Gasteiger partial charge on any atom is -1.00 e. The zero-order valence-corrected chi connectivity index (χ0v) is 23.1. The first-order valence-electron chi connectivity index (χ1n) is 13.0. The van der Waals surface area contributed by atoms with Gasteiger partial charge in [-0.15, -0.1) is 0 Å². The normalized spacial score (nSPS) is 26.9. The predicted octanol–water partition coefficient (Wildman–Crippen LogP) is 1.41. The number of hydrogen-bond donors (Lipinski definition) is 0. The molecule has 0 aromatic rings. The third kappa shape index (κ3) is 6.66. The maximum atomic E-state index is 2.59. The molecule has 0 saturated heterocycles. The van der Waals surface area contributed by atoms with Crippen LogP contribution in [0.5, 0.6) is 0 Å². The summed E-state index contributed by atoms with van der Waals surface area (Å²) >= 11 is 2.59. The van der Waals surface area contributed by atoms with Crippen LogP contribution in [0.25, 0.3) is 0 Å². The maximum Gasteiger partial charge on any atom is -1.00 e. The fraction of sp³-hybridized carbons (Fsp3) is 0.852. The summed E-state index contributed by atoms with van der Waals surface area (Å²) in [6, 6.07) is 0. The van der Waals surface area contributed by atoms with Crippen molar-refractivity contribution in [3.05, 3.63) is 20.6 Å². The first-order valence-corrected chi connectivity index (χ1v) is 13.8. The molecule has 3 saturated carbocycles. The Kier molecular flexibility index (Phi) is 12.3. The average Bonchev–Trinajstić information content (AvgIpc) is 3.06. The second-order valence-electron chi connectivity index (χ2n) is 10.9. The van der Waals surface area contributed by atoms with Crippen LogP contribution in [0.4, 0.5) is 0 Å². The summed E-state index contributed by atoms with van der Waals surface area (Å²) in [4.78, 5) is 2.43. The minimum atomic E-state index is 0. The van der Waals surface area contributed by atoms with E-state index >= 15 is 0 Å². The van der Waals surface area contributed by atoms with Gasteiger partial charge in [0, 0.05) is 0 Å². The Labute approximate surface area is 216 Å². The summed E-state index contributed by atoms with van der Waals surface area (Å²) in [5.74, 6) is 3.54. The quantitative estimate of drug-likeness (QED) is 0.498. The van der Waals surface area contributed by atoms with Gasteiger partial charge in [-0.2, -0.15) is 0 Å². The molecular formula is C27H44Cl2NTi. The Balaban J connectivity index is 0.00000171. The molecule has 0 heterocycles. The van der Waals surface area contributed by atoms with Crippen LogP contribution in [0.15, 0.2) is 20.6 Å². The van der Waals surface area contributed by atoms with Gasteiger partial charge in [0.25, 0.3) is 0 Å². The molecule has 31 heavy (non-hydrogen) atoms. The van der Waals surface area contributed by atoms with E-state index in [-0.39, 0.29) is 24.8 Å². The van der Waals surface area contributed by atoms with E-state index in [9.17, 15) is 0 Å². The molecule has 175 valence electrons. The van der Waals surface area contributed by atoms with Gasteiger partial charge in [0.05, 0.1) is 0 Å². The number of nitrogens with zero attached hydrogens (tertiary/aromatic N) is 1. The van der Waals surface area contributed by atoms with Crippen molar-refractivity contribution in [2.45, 2.75) is 103 Å². The van der Waals surface area contributed by atoms with Gasteiger partial charge in [-0.3, -0.25) is 0 Å². The second kappa shape index (κ2) is 13.6. The minimum absolute atomic E-state index is 0. The van der Waals surface area contributed by atoms with Crippen molar-refractivity contribution < 1.29 is 45.2 Å². The number of hydrogen-bond acceptors (Lipinski definition) is 1. The van der Waals surface area contributed by atoms with E-state index in [4.69, 9.17) is 0 Å². The Hall–Kier alpha value is 0.734. The van der Waals surface area contributed by atoms with Crippen LogP contribution in [-0.4, -0.2) is 25.5 Å². The molecule has 4 rings (SSSR count). The molecule has 0 aromatic heterocycles. The van der Waals surface area contributed by atoms with Gasteiger partial charge < -0.3 is 24.8 Å². The van der Waals surface area contributed by atoms with Gasteiger partial charge in [0.1, 0.15) is 0 Å². The van der Waals surface area contributed by atoms with Gasteiger partial charge >= 0.3 is 193 Å². The molecule has 0 N–H and O–H groups in total. The Bertz CT molecular complexity index is 609. The summed E-state index contributed by atoms with van der Waals surface area (Å²) in [5.41, 5.74) is 5.82. The molecular weight excluding hydrogens is 457 g/mol. The fourth-order valence-corrected chi connectivity index (χ4v) is 8.32. The first-order chi connectivity index (χ1) is 14.2. The van der Waals surface area contributed by atoms with E-state index in [0.29, 0.717) is 0 Å². The van der Waals surface area contributed by atoms with E-state index in [2.05, 4.69) is 39.4 Å². The fourth-order valence-electron chi connectivity index (χ4n) is 7.15. The standard InChI is InChI=1S/C27H44N.2ClH.Ti/c1-28(2)19-18-24-25(21-12-6-3-7-13-21)20-26(22-14-8-4-9-15-22)27(24)23-16-10-5-11-17-23;;;/h21-23,25H,3-19H2,1-2H3;2*1H;/q;;;+2/p-2. The van der Waals surface area contributed by atoms with Crippen LogP contribution in [0.3, 0.4) is 0 Å². The van der Waals surface area contributed by atoms with E-state index in [1.54, 1.807) is 0 Å². The van der Waals surface area contributed by atoms with E-state index in [1.807, 2.05) is 20.6 Å². The van der Waals surface area contributed by atoms with Crippen molar-refractivity contribution in [2.24, 2.45) is 23.7 Å². The third-order valence-corrected chi connectivity index (χ3v) is 9.50. The van der Waals surface area contributed by atoms with E-state index < -0.39 is 0 Å². The molecule has 0 bridgehead atoms. The molecule has 4 aliphatic carbocycles. The SMILES string of the molecule is CN(C)CCC1=C(C2CCCCC2)C(C2CCCCC2)=[C]([Ti+2])C1C1CCCCC1.[Cl-].[Cl-].